The van der Waals surface area contributed by atoms with Gasteiger partial charge < -0.3 is 30.3 Å². The van der Waals surface area contributed by atoms with E-state index in [4.69, 9.17) is 28.2 Å². The molecule has 2 amide bonds. The molecular formula is C41H41Cl2N7O. The number of rotatable bonds is 7. The molecule has 1 fully saturated rings. The molecule has 0 aliphatic carbocycles. The van der Waals surface area contributed by atoms with Crippen LogP contribution in [0.25, 0.3) is 22.2 Å². The van der Waals surface area contributed by atoms with Crippen molar-refractivity contribution >= 4 is 62.9 Å². The topological polar surface area (TPSA) is 79.5 Å². The van der Waals surface area contributed by atoms with Gasteiger partial charge in [-0.05, 0) is 77.9 Å². The second-order valence-electron chi connectivity index (χ2n) is 13.4. The third kappa shape index (κ3) is 6.21. The quantitative estimate of drug-likeness (QED) is 0.157. The summed E-state index contributed by atoms with van der Waals surface area (Å²) < 4.78 is 0. The number of H-pyrrole nitrogens is 1. The van der Waals surface area contributed by atoms with Gasteiger partial charge in [0.1, 0.15) is 0 Å². The van der Waals surface area contributed by atoms with Crippen LogP contribution in [0.3, 0.4) is 0 Å². The summed E-state index contributed by atoms with van der Waals surface area (Å²) >= 11 is 13.3. The van der Waals surface area contributed by atoms with Gasteiger partial charge in [0.15, 0.2) is 5.82 Å². The number of carbonyl (C=O) groups excluding carboxylic acids is 1. The van der Waals surface area contributed by atoms with Crippen LogP contribution in [-0.4, -0.2) is 58.5 Å². The van der Waals surface area contributed by atoms with Crippen LogP contribution in [-0.2, 0) is 6.54 Å². The Balaban J connectivity index is 1.24. The maximum absolute atomic E-state index is 12.5. The number of piperazine rings is 1. The van der Waals surface area contributed by atoms with Crippen molar-refractivity contribution < 1.29 is 4.79 Å². The number of hydrogen-bond donors (Lipinski definition) is 3. The Hall–Kier alpha value is -4.92. The lowest BCUT2D eigenvalue weighted by Gasteiger charge is -2.39. The number of fused-ring (bicyclic) bond motifs is 2. The van der Waals surface area contributed by atoms with Crippen molar-refractivity contribution in [1.29, 1.82) is 0 Å². The summed E-state index contributed by atoms with van der Waals surface area (Å²) in [5.74, 6) is 1.17. The van der Waals surface area contributed by atoms with Crippen LogP contribution >= 0.6 is 23.2 Å². The number of carbonyl (C=O) groups is 1. The molecule has 260 valence electrons. The number of benzene rings is 3. The predicted molar refractivity (Wildman–Crippen MR) is 209 cm³/mol. The van der Waals surface area contributed by atoms with Crippen LogP contribution in [0, 0.1) is 5.92 Å². The highest BCUT2D eigenvalue weighted by molar-refractivity contribution is 6.31. The summed E-state index contributed by atoms with van der Waals surface area (Å²) in [7, 11) is 0. The number of hydrogen-bond acceptors (Lipinski definition) is 5. The second-order valence-corrected chi connectivity index (χ2v) is 14.3. The van der Waals surface area contributed by atoms with Crippen molar-refractivity contribution in [2.24, 2.45) is 5.92 Å². The molecule has 3 N–H and O–H groups in total. The van der Waals surface area contributed by atoms with E-state index in [1.807, 2.05) is 42.3 Å². The van der Waals surface area contributed by atoms with Crippen LogP contribution in [0.15, 0.2) is 97.3 Å². The van der Waals surface area contributed by atoms with Gasteiger partial charge in [0.2, 0.25) is 0 Å². The van der Waals surface area contributed by atoms with Crippen LogP contribution in [0.5, 0.6) is 0 Å². The van der Waals surface area contributed by atoms with Crippen molar-refractivity contribution in [2.75, 3.05) is 42.9 Å². The molecule has 5 heterocycles. The number of pyridine rings is 1. The first kappa shape index (κ1) is 33.2. The van der Waals surface area contributed by atoms with Crippen molar-refractivity contribution in [3.05, 3.63) is 135 Å². The Morgan fingerprint density at radius 2 is 1.75 bits per heavy atom. The molecule has 0 spiro atoms. The van der Waals surface area contributed by atoms with Crippen molar-refractivity contribution in [1.82, 2.24) is 25.1 Å². The predicted octanol–water partition coefficient (Wildman–Crippen LogP) is 9.16. The first-order valence-corrected chi connectivity index (χ1v) is 18.5. The largest absolute Gasteiger partial charge is 0.376 e. The number of urea groups is 1. The zero-order valence-electron chi connectivity index (χ0n) is 28.8. The molecule has 3 aliphatic rings. The molecule has 3 aliphatic heterocycles. The van der Waals surface area contributed by atoms with Gasteiger partial charge >= 0.3 is 6.03 Å². The number of nitrogens with one attached hydrogen (secondary N) is 3. The van der Waals surface area contributed by atoms with Gasteiger partial charge in [-0.15, -0.1) is 0 Å². The molecule has 8 nitrogen and oxygen atoms in total. The summed E-state index contributed by atoms with van der Waals surface area (Å²) in [6.07, 6.45) is 7.32. The number of anilines is 2. The van der Waals surface area contributed by atoms with Gasteiger partial charge in [0, 0.05) is 77.3 Å². The lowest BCUT2D eigenvalue weighted by atomic mass is 9.82. The smallest absolute Gasteiger partial charge is 0.317 e. The molecule has 2 aromatic heterocycles. The second kappa shape index (κ2) is 14.0. The number of allylic oxidation sites excluding steroid dienone is 2. The molecule has 8 rings (SSSR count). The monoisotopic (exact) mass is 717 g/mol. The Kier molecular flexibility index (Phi) is 9.13. The van der Waals surface area contributed by atoms with Crippen LogP contribution < -0.4 is 15.5 Å². The zero-order chi connectivity index (χ0) is 35.1. The van der Waals surface area contributed by atoms with Gasteiger partial charge in [-0.2, -0.15) is 0 Å². The molecule has 3 aromatic carbocycles. The Morgan fingerprint density at radius 3 is 2.51 bits per heavy atom. The summed E-state index contributed by atoms with van der Waals surface area (Å²) in [6, 6.07) is 27.1. The minimum absolute atomic E-state index is 0.0111. The van der Waals surface area contributed by atoms with E-state index < -0.39 is 0 Å². The van der Waals surface area contributed by atoms with Crippen LogP contribution in [0.4, 0.5) is 16.3 Å². The van der Waals surface area contributed by atoms with Gasteiger partial charge in [0.25, 0.3) is 0 Å². The minimum Gasteiger partial charge on any atom is -0.376 e. The maximum atomic E-state index is 12.5. The number of amides is 2. The Bertz CT molecular complexity index is 2140. The third-order valence-electron chi connectivity index (χ3n) is 10.2. The van der Waals surface area contributed by atoms with Gasteiger partial charge in [-0.25, -0.2) is 9.78 Å². The highest BCUT2D eigenvalue weighted by atomic mass is 35.5. The Morgan fingerprint density at radius 1 is 0.961 bits per heavy atom. The molecule has 10 heteroatoms. The minimum atomic E-state index is -0.106. The third-order valence-corrected chi connectivity index (χ3v) is 10.7. The molecule has 1 saturated heterocycles. The molecule has 0 bridgehead atoms. The number of nitrogens with zero attached hydrogens (tertiary/aromatic N) is 4. The van der Waals surface area contributed by atoms with Crippen molar-refractivity contribution in [3.63, 3.8) is 0 Å². The fraction of sp³-hybridized carbons (Fsp3) is 0.268. The Labute approximate surface area is 308 Å². The molecule has 0 radical (unpaired) electrons. The van der Waals surface area contributed by atoms with E-state index in [1.165, 1.54) is 27.8 Å². The van der Waals surface area contributed by atoms with Crippen LogP contribution in [0.1, 0.15) is 54.3 Å². The average molecular weight is 719 g/mol. The van der Waals surface area contributed by atoms with Crippen molar-refractivity contribution in [3.8, 4) is 0 Å². The molecule has 2 unspecified atom stereocenters. The normalized spacial score (nSPS) is 18.5. The molecule has 2 atom stereocenters. The van der Waals surface area contributed by atoms with Crippen molar-refractivity contribution in [2.45, 2.75) is 32.9 Å². The van der Waals surface area contributed by atoms with E-state index >= 15 is 0 Å². The lowest BCUT2D eigenvalue weighted by molar-refractivity contribution is 0.195. The van der Waals surface area contributed by atoms with Gasteiger partial charge in [-0.3, -0.25) is 0 Å². The summed E-state index contributed by atoms with van der Waals surface area (Å²) in [5, 5.41) is 9.27. The van der Waals surface area contributed by atoms with E-state index in [0.717, 1.165) is 40.3 Å². The maximum Gasteiger partial charge on any atom is 0.317 e. The fourth-order valence-electron chi connectivity index (χ4n) is 7.94. The van der Waals surface area contributed by atoms with E-state index in [0.29, 0.717) is 49.3 Å². The highest BCUT2D eigenvalue weighted by Gasteiger charge is 2.38. The molecule has 0 saturated carbocycles. The van der Waals surface area contributed by atoms with Crippen LogP contribution in [0.2, 0.25) is 10.0 Å². The first-order valence-electron chi connectivity index (χ1n) is 17.7. The molecule has 51 heavy (non-hydrogen) atoms. The van der Waals surface area contributed by atoms with E-state index in [9.17, 15) is 4.79 Å². The first-order chi connectivity index (χ1) is 24.9. The van der Waals surface area contributed by atoms with Gasteiger partial charge in [0.05, 0.1) is 24.0 Å². The molecular weight excluding hydrogens is 677 g/mol. The van der Waals surface area contributed by atoms with E-state index in [-0.39, 0.29) is 18.0 Å². The number of halogens is 2. The van der Waals surface area contributed by atoms with E-state index in [2.05, 4.69) is 99.2 Å². The zero-order valence-corrected chi connectivity index (χ0v) is 30.3. The highest BCUT2D eigenvalue weighted by Crippen LogP contribution is 2.53. The summed E-state index contributed by atoms with van der Waals surface area (Å²) in [6.45, 7) is 8.14. The van der Waals surface area contributed by atoms with Gasteiger partial charge in [-0.1, -0.05) is 78.7 Å². The fourth-order valence-corrected chi connectivity index (χ4v) is 8.29. The summed E-state index contributed by atoms with van der Waals surface area (Å²) in [5.41, 5.74) is 10.3. The molecule has 5 aromatic rings. The number of aromatic amines is 1. The SMILES string of the molecule is CCNC(=O)N1CCN(c2ncccc2NCc2[nH]c3cc(Cl)cc4c3c2C2=C(c3ccccc3)C(C)CC=CN2C4c2ccc(Cl)cc2)CC1. The van der Waals surface area contributed by atoms with E-state index in [1.54, 1.807) is 0 Å². The lowest BCUT2D eigenvalue weighted by Crippen LogP contribution is -2.52. The number of aromatic nitrogens is 2. The standard InChI is InChI=1S/C41H41Cl2N7O/c1-3-44-41(51)49-21-19-48(20-22-49)40-32(12-7-17-45-40)46-25-34-37-36-31(23-30(43)24-33(36)47-34)38(28-13-15-29(42)16-14-28)50-18-8-9-26(2)35(39(37)50)27-10-5-4-6-11-27/h4-8,10-18,23-24,26,38,46-47H,3,9,19-22,25H2,1-2H3,(H,44,51). The average Bonchev–Trinajstić information content (AvgIpc) is 3.42. The summed E-state index contributed by atoms with van der Waals surface area (Å²) in [4.78, 5) is 27.7.